The Morgan fingerprint density at radius 3 is 2.76 bits per heavy atom. The molecule has 0 spiro atoms. The number of thiazole rings is 1. The second-order valence-corrected chi connectivity index (χ2v) is 11.1. The van der Waals surface area contributed by atoms with E-state index in [0.717, 1.165) is 35.9 Å². The Kier molecular flexibility index (Phi) is 7.63. The summed E-state index contributed by atoms with van der Waals surface area (Å²) in [7, 11) is 0. The van der Waals surface area contributed by atoms with Crippen molar-refractivity contribution in [2.24, 2.45) is 0 Å². The number of carbonyl (C=O) groups excluding carboxylic acids is 2. The van der Waals surface area contributed by atoms with Crippen molar-refractivity contribution in [3.05, 3.63) is 70.3 Å². The topological polar surface area (TPSA) is 120 Å². The Labute approximate surface area is 223 Å². The van der Waals surface area contributed by atoms with Gasteiger partial charge in [0.1, 0.15) is 5.76 Å². The van der Waals surface area contributed by atoms with Crippen LogP contribution in [0.15, 0.2) is 69.0 Å². The van der Waals surface area contributed by atoms with Gasteiger partial charge in [-0.25, -0.2) is 4.98 Å². The molecule has 1 unspecified atom stereocenters. The predicted molar refractivity (Wildman–Crippen MR) is 146 cm³/mol. The number of rotatable bonds is 7. The zero-order valence-corrected chi connectivity index (χ0v) is 22.0. The molecule has 2 amide bonds. The number of carbonyl (C=O) groups is 2. The monoisotopic (exact) mass is 533 g/mol. The summed E-state index contributed by atoms with van der Waals surface area (Å²) in [5.74, 6) is -0.470. The normalized spacial score (nSPS) is 18.4. The molecule has 1 aliphatic heterocycles. The van der Waals surface area contributed by atoms with Gasteiger partial charge in [0.15, 0.2) is 5.13 Å². The average molecular weight is 534 g/mol. The van der Waals surface area contributed by atoms with E-state index < -0.39 is 5.92 Å². The maximum absolute atomic E-state index is 13.5. The fourth-order valence-corrected chi connectivity index (χ4v) is 6.58. The number of anilines is 1. The van der Waals surface area contributed by atoms with Crippen LogP contribution in [0, 0.1) is 11.3 Å². The van der Waals surface area contributed by atoms with E-state index in [-0.39, 0.29) is 23.6 Å². The van der Waals surface area contributed by atoms with Crippen LogP contribution in [0.25, 0.3) is 10.2 Å². The Morgan fingerprint density at radius 1 is 1.22 bits per heavy atom. The number of nitrogens with one attached hydrogen (secondary N) is 3. The molecule has 1 fully saturated rings. The summed E-state index contributed by atoms with van der Waals surface area (Å²) < 4.78 is 6.65. The molecule has 1 aliphatic carbocycles. The summed E-state index contributed by atoms with van der Waals surface area (Å²) >= 11 is 2.66. The van der Waals surface area contributed by atoms with Crippen molar-refractivity contribution in [2.75, 3.05) is 11.1 Å². The lowest BCUT2D eigenvalue weighted by molar-refractivity contribution is -0.119. The molecule has 3 aromatic rings. The van der Waals surface area contributed by atoms with Crippen molar-refractivity contribution >= 4 is 50.3 Å². The number of hydrogen-bond donors (Lipinski definition) is 3. The van der Waals surface area contributed by atoms with E-state index in [1.807, 2.05) is 24.3 Å². The Morgan fingerprint density at radius 2 is 2.03 bits per heavy atom. The van der Waals surface area contributed by atoms with E-state index >= 15 is 0 Å². The third-order valence-corrected chi connectivity index (χ3v) is 8.52. The third kappa shape index (κ3) is 5.58. The van der Waals surface area contributed by atoms with Gasteiger partial charge in [0.05, 0.1) is 50.4 Å². The van der Waals surface area contributed by atoms with E-state index in [9.17, 15) is 14.9 Å². The van der Waals surface area contributed by atoms with Crippen molar-refractivity contribution in [2.45, 2.75) is 51.0 Å². The van der Waals surface area contributed by atoms with Gasteiger partial charge in [0.2, 0.25) is 5.91 Å². The molecule has 5 rings (SSSR count). The number of amides is 2. The van der Waals surface area contributed by atoms with Gasteiger partial charge in [-0.2, -0.15) is 5.26 Å². The predicted octanol–water partition coefficient (Wildman–Crippen LogP) is 5.41. The Hall–Kier alpha value is -3.55. The Bertz CT molecular complexity index is 1380. The number of furan rings is 1. The van der Waals surface area contributed by atoms with Gasteiger partial charge in [0.25, 0.3) is 5.91 Å². The quantitative estimate of drug-likeness (QED) is 0.372. The van der Waals surface area contributed by atoms with Crippen LogP contribution in [-0.4, -0.2) is 28.6 Å². The summed E-state index contributed by atoms with van der Waals surface area (Å²) in [6, 6.07) is 13.6. The first-order valence-electron chi connectivity index (χ1n) is 12.3. The molecule has 3 N–H and O–H groups in total. The van der Waals surface area contributed by atoms with Gasteiger partial charge in [0, 0.05) is 11.7 Å². The van der Waals surface area contributed by atoms with Gasteiger partial charge in [-0.3, -0.25) is 14.9 Å². The van der Waals surface area contributed by atoms with Crippen LogP contribution in [0.4, 0.5) is 5.13 Å². The molecule has 8 nitrogen and oxygen atoms in total. The number of thioether (sulfide) groups is 1. The lowest BCUT2D eigenvalue weighted by atomic mass is 9.85. The summed E-state index contributed by atoms with van der Waals surface area (Å²) in [4.78, 5) is 30.7. The first-order chi connectivity index (χ1) is 18.0. The van der Waals surface area contributed by atoms with Crippen LogP contribution in [0.1, 0.15) is 50.7 Å². The summed E-state index contributed by atoms with van der Waals surface area (Å²) in [6.07, 6.45) is 7.04. The van der Waals surface area contributed by atoms with E-state index in [1.54, 1.807) is 19.1 Å². The van der Waals surface area contributed by atoms with Gasteiger partial charge < -0.3 is 15.1 Å². The van der Waals surface area contributed by atoms with Crippen molar-refractivity contribution in [1.29, 1.82) is 5.26 Å². The molecule has 2 aliphatic rings. The largest absolute Gasteiger partial charge is 0.468 e. The molecule has 0 radical (unpaired) electrons. The number of para-hydroxylation sites is 1. The standard InChI is InChI=1S/C27H27N5O3S2/c1-16-23(25(34)32-27-31-19-10-5-6-12-21(19)37-27)24(20-11-7-13-35-20)18(14-28)26(29-16)36-15-22(33)30-17-8-3-2-4-9-17/h5-7,10-13,17,24,29H,2-4,8-9,15H2,1H3,(H,30,33)(H,31,32,34). The molecule has 3 heterocycles. The first kappa shape index (κ1) is 25.1. The molecule has 1 saturated carbocycles. The molecule has 190 valence electrons. The summed E-state index contributed by atoms with van der Waals surface area (Å²) in [5.41, 5.74) is 2.11. The second-order valence-electron chi connectivity index (χ2n) is 9.10. The summed E-state index contributed by atoms with van der Waals surface area (Å²) in [6.45, 7) is 1.79. The molecular formula is C27H27N5O3S2. The average Bonchev–Trinajstić information content (AvgIpc) is 3.57. The number of nitriles is 1. The number of benzene rings is 1. The fourth-order valence-electron chi connectivity index (χ4n) is 4.81. The molecule has 1 aromatic carbocycles. The lowest BCUT2D eigenvalue weighted by Gasteiger charge is -2.28. The number of hydrogen-bond acceptors (Lipinski definition) is 8. The van der Waals surface area contributed by atoms with E-state index in [1.165, 1.54) is 35.8 Å². The van der Waals surface area contributed by atoms with Crippen LogP contribution in [0.2, 0.25) is 0 Å². The van der Waals surface area contributed by atoms with E-state index in [0.29, 0.717) is 32.8 Å². The van der Waals surface area contributed by atoms with Gasteiger partial charge in [-0.15, -0.1) is 0 Å². The number of dihydropyridines is 1. The second kappa shape index (κ2) is 11.2. The van der Waals surface area contributed by atoms with Crippen molar-refractivity contribution in [1.82, 2.24) is 15.6 Å². The maximum atomic E-state index is 13.5. The molecule has 1 atom stereocenters. The number of fused-ring (bicyclic) bond motifs is 1. The minimum atomic E-state index is -0.709. The first-order valence-corrected chi connectivity index (χ1v) is 14.1. The molecule has 10 heteroatoms. The van der Waals surface area contributed by atoms with Crippen LogP contribution in [0.3, 0.4) is 0 Å². The van der Waals surface area contributed by atoms with Crippen molar-refractivity contribution in [3.63, 3.8) is 0 Å². The van der Waals surface area contributed by atoms with Crippen molar-refractivity contribution in [3.8, 4) is 6.07 Å². The highest BCUT2D eigenvalue weighted by Gasteiger charge is 2.37. The lowest BCUT2D eigenvalue weighted by Crippen LogP contribution is -2.37. The molecule has 0 saturated heterocycles. The number of aromatic nitrogens is 1. The zero-order chi connectivity index (χ0) is 25.8. The molecule has 37 heavy (non-hydrogen) atoms. The number of allylic oxidation sites excluding steroid dienone is 2. The Balaban J connectivity index is 1.37. The molecular weight excluding hydrogens is 506 g/mol. The van der Waals surface area contributed by atoms with Gasteiger partial charge in [-0.1, -0.05) is 54.5 Å². The third-order valence-electron chi connectivity index (χ3n) is 6.55. The van der Waals surface area contributed by atoms with Gasteiger partial charge >= 0.3 is 0 Å². The van der Waals surface area contributed by atoms with Crippen molar-refractivity contribution < 1.29 is 14.0 Å². The van der Waals surface area contributed by atoms with Crippen LogP contribution in [0.5, 0.6) is 0 Å². The van der Waals surface area contributed by atoms with Crippen LogP contribution < -0.4 is 16.0 Å². The van der Waals surface area contributed by atoms with Crippen LogP contribution in [-0.2, 0) is 9.59 Å². The highest BCUT2D eigenvalue weighted by atomic mass is 32.2. The fraction of sp³-hybridized carbons (Fsp3) is 0.333. The highest BCUT2D eigenvalue weighted by Crippen LogP contribution is 2.41. The number of nitrogens with zero attached hydrogens (tertiary/aromatic N) is 2. The van der Waals surface area contributed by atoms with E-state index in [4.69, 9.17) is 4.42 Å². The minimum Gasteiger partial charge on any atom is -0.468 e. The molecule has 2 aromatic heterocycles. The highest BCUT2D eigenvalue weighted by molar-refractivity contribution is 8.03. The van der Waals surface area contributed by atoms with E-state index in [2.05, 4.69) is 27.0 Å². The maximum Gasteiger partial charge on any atom is 0.256 e. The van der Waals surface area contributed by atoms with Gasteiger partial charge in [-0.05, 0) is 44.0 Å². The summed E-state index contributed by atoms with van der Waals surface area (Å²) in [5, 5.41) is 20.4. The van der Waals surface area contributed by atoms with Crippen LogP contribution >= 0.6 is 23.1 Å². The smallest absolute Gasteiger partial charge is 0.256 e. The minimum absolute atomic E-state index is 0.0564. The zero-order valence-electron chi connectivity index (χ0n) is 20.4. The molecule has 0 bridgehead atoms. The SMILES string of the molecule is CC1=C(C(=O)Nc2nc3ccccc3s2)C(c2ccco2)C(C#N)=C(SCC(=O)NC2CCCCC2)N1.